The quantitative estimate of drug-likeness (QED) is 0.874. The molecular weight excluding hydrogens is 322 g/mol. The van der Waals surface area contributed by atoms with Crippen LogP contribution in [0, 0.1) is 0 Å². The summed E-state index contributed by atoms with van der Waals surface area (Å²) in [7, 11) is 0. The van der Waals surface area contributed by atoms with Gasteiger partial charge in [0.15, 0.2) is 0 Å². The highest BCUT2D eigenvalue weighted by Gasteiger charge is 2.14. The molecule has 126 valence electrons. The zero-order valence-corrected chi connectivity index (χ0v) is 14.3. The van der Waals surface area contributed by atoms with Gasteiger partial charge in [0.1, 0.15) is 0 Å². The van der Waals surface area contributed by atoms with Crippen molar-refractivity contribution in [2.24, 2.45) is 0 Å². The van der Waals surface area contributed by atoms with Crippen LogP contribution in [0.4, 0.5) is 11.4 Å². The van der Waals surface area contributed by atoms with E-state index in [0.29, 0.717) is 17.1 Å². The van der Waals surface area contributed by atoms with Crippen molar-refractivity contribution in [3.63, 3.8) is 0 Å². The third-order valence-electron chi connectivity index (χ3n) is 3.99. The lowest BCUT2D eigenvalue weighted by atomic mass is 10.1. The number of anilines is 2. The lowest BCUT2D eigenvalue weighted by molar-refractivity contribution is -0.117. The molecule has 2 N–H and O–H groups in total. The smallest absolute Gasteiger partial charge is 0.265 e. The fraction of sp³-hybridized carbons (Fsp3) is 0.333. The third-order valence-corrected chi connectivity index (χ3v) is 4.86. The molecule has 1 aliphatic heterocycles. The molecule has 1 fully saturated rings. The average molecular weight is 343 g/mol. The Morgan fingerprint density at radius 1 is 0.958 bits per heavy atom. The maximum Gasteiger partial charge on any atom is 0.265 e. The van der Waals surface area contributed by atoms with Gasteiger partial charge in [-0.15, -0.1) is 11.3 Å². The number of carbonyl (C=O) groups is 2. The average Bonchev–Trinajstić information content (AvgIpc) is 3.12. The molecule has 3 rings (SSSR count). The van der Waals surface area contributed by atoms with E-state index in [-0.39, 0.29) is 11.8 Å². The van der Waals surface area contributed by atoms with Gasteiger partial charge in [-0.3, -0.25) is 14.5 Å². The summed E-state index contributed by atoms with van der Waals surface area (Å²) < 4.78 is 0. The van der Waals surface area contributed by atoms with E-state index >= 15 is 0 Å². The van der Waals surface area contributed by atoms with E-state index in [0.717, 1.165) is 18.8 Å². The van der Waals surface area contributed by atoms with Gasteiger partial charge in [-0.2, -0.15) is 0 Å². The molecule has 6 heteroatoms. The van der Waals surface area contributed by atoms with Crippen molar-refractivity contribution in [1.29, 1.82) is 0 Å². The number of amides is 2. The number of thiophene rings is 1. The van der Waals surface area contributed by atoms with Crippen LogP contribution in [-0.4, -0.2) is 36.3 Å². The van der Waals surface area contributed by atoms with Gasteiger partial charge < -0.3 is 10.6 Å². The van der Waals surface area contributed by atoms with Gasteiger partial charge >= 0.3 is 0 Å². The normalized spacial score (nSPS) is 15.0. The van der Waals surface area contributed by atoms with Crippen LogP contribution in [0.3, 0.4) is 0 Å². The molecule has 1 saturated heterocycles. The van der Waals surface area contributed by atoms with Crippen molar-refractivity contribution < 1.29 is 9.59 Å². The standard InChI is InChI=1S/C18H21N3O2S/c22-17(13-21-10-2-1-3-11-21)19-14-6-8-15(9-7-14)20-18(23)16-5-4-12-24-16/h4-9,12H,1-3,10-11,13H2,(H,19,22)(H,20,23). The number of likely N-dealkylation sites (tertiary alicyclic amines) is 1. The highest BCUT2D eigenvalue weighted by molar-refractivity contribution is 7.12. The van der Waals surface area contributed by atoms with E-state index in [1.165, 1.54) is 30.6 Å². The Kier molecular flexibility index (Phi) is 5.61. The van der Waals surface area contributed by atoms with Gasteiger partial charge in [-0.05, 0) is 61.6 Å². The molecule has 1 aromatic carbocycles. The first kappa shape index (κ1) is 16.7. The van der Waals surface area contributed by atoms with Crippen LogP contribution in [0.2, 0.25) is 0 Å². The molecule has 1 aliphatic rings. The Morgan fingerprint density at radius 2 is 1.62 bits per heavy atom. The number of hydrogen-bond acceptors (Lipinski definition) is 4. The predicted molar refractivity (Wildman–Crippen MR) is 97.6 cm³/mol. The first-order valence-corrected chi connectivity index (χ1v) is 9.06. The van der Waals surface area contributed by atoms with E-state index in [9.17, 15) is 9.59 Å². The van der Waals surface area contributed by atoms with Gasteiger partial charge in [-0.25, -0.2) is 0 Å². The van der Waals surface area contributed by atoms with Crippen LogP contribution in [-0.2, 0) is 4.79 Å². The third kappa shape index (κ3) is 4.66. The van der Waals surface area contributed by atoms with Crippen molar-refractivity contribution >= 4 is 34.5 Å². The van der Waals surface area contributed by atoms with Crippen molar-refractivity contribution in [1.82, 2.24) is 4.90 Å². The number of nitrogens with zero attached hydrogens (tertiary/aromatic N) is 1. The molecule has 1 aromatic heterocycles. The lowest BCUT2D eigenvalue weighted by Crippen LogP contribution is -2.36. The molecule has 2 amide bonds. The number of rotatable bonds is 5. The van der Waals surface area contributed by atoms with Crippen LogP contribution in [0.5, 0.6) is 0 Å². The summed E-state index contributed by atoms with van der Waals surface area (Å²) in [5.74, 6) is -0.112. The van der Waals surface area contributed by atoms with Crippen LogP contribution in [0.1, 0.15) is 28.9 Å². The Hall–Kier alpha value is -2.18. The molecule has 24 heavy (non-hydrogen) atoms. The molecular formula is C18H21N3O2S. The van der Waals surface area contributed by atoms with E-state index in [1.807, 2.05) is 11.4 Å². The molecule has 0 aliphatic carbocycles. The highest BCUT2D eigenvalue weighted by atomic mass is 32.1. The second-order valence-corrected chi connectivity index (χ2v) is 6.84. The topological polar surface area (TPSA) is 61.4 Å². The summed E-state index contributed by atoms with van der Waals surface area (Å²) in [6.07, 6.45) is 3.61. The molecule has 0 spiro atoms. The second-order valence-electron chi connectivity index (χ2n) is 5.89. The van der Waals surface area contributed by atoms with Crippen LogP contribution in [0.15, 0.2) is 41.8 Å². The second kappa shape index (κ2) is 8.08. The summed E-state index contributed by atoms with van der Waals surface area (Å²) in [6, 6.07) is 10.8. The van der Waals surface area contributed by atoms with Gasteiger partial charge in [0.25, 0.3) is 5.91 Å². The van der Waals surface area contributed by atoms with Gasteiger partial charge in [0, 0.05) is 11.4 Å². The van der Waals surface area contributed by atoms with Crippen molar-refractivity contribution in [3.8, 4) is 0 Å². The summed E-state index contributed by atoms with van der Waals surface area (Å²) in [4.78, 5) is 26.9. The lowest BCUT2D eigenvalue weighted by Gasteiger charge is -2.25. The number of nitrogens with one attached hydrogen (secondary N) is 2. The molecule has 0 bridgehead atoms. The minimum Gasteiger partial charge on any atom is -0.325 e. The number of piperidine rings is 1. The number of benzene rings is 1. The molecule has 2 heterocycles. The Bertz CT molecular complexity index is 677. The summed E-state index contributed by atoms with van der Waals surface area (Å²) in [6.45, 7) is 2.44. The minimum atomic E-state index is -0.119. The number of hydrogen-bond donors (Lipinski definition) is 2. The molecule has 0 unspecified atom stereocenters. The molecule has 2 aromatic rings. The van der Waals surface area contributed by atoms with Crippen LogP contribution >= 0.6 is 11.3 Å². The van der Waals surface area contributed by atoms with Crippen molar-refractivity contribution in [2.45, 2.75) is 19.3 Å². The predicted octanol–water partition coefficient (Wildman–Crippen LogP) is 3.42. The van der Waals surface area contributed by atoms with Crippen molar-refractivity contribution in [3.05, 3.63) is 46.7 Å². The molecule has 0 saturated carbocycles. The Labute approximate surface area is 145 Å². The molecule has 5 nitrogen and oxygen atoms in total. The zero-order chi connectivity index (χ0) is 16.8. The van der Waals surface area contributed by atoms with Gasteiger partial charge in [-0.1, -0.05) is 12.5 Å². The SMILES string of the molecule is O=C(CN1CCCCC1)Nc1ccc(NC(=O)c2cccs2)cc1. The van der Waals surface area contributed by atoms with Gasteiger partial charge in [0.2, 0.25) is 5.91 Å². The van der Waals surface area contributed by atoms with E-state index in [1.54, 1.807) is 30.3 Å². The maximum absolute atomic E-state index is 12.1. The summed E-state index contributed by atoms with van der Waals surface area (Å²) in [5, 5.41) is 7.62. The van der Waals surface area contributed by atoms with E-state index < -0.39 is 0 Å². The van der Waals surface area contributed by atoms with Crippen molar-refractivity contribution in [2.75, 3.05) is 30.3 Å². The van der Waals surface area contributed by atoms with Crippen LogP contribution < -0.4 is 10.6 Å². The summed E-state index contributed by atoms with van der Waals surface area (Å²) >= 11 is 1.40. The van der Waals surface area contributed by atoms with Crippen LogP contribution in [0.25, 0.3) is 0 Å². The fourth-order valence-electron chi connectivity index (χ4n) is 2.76. The zero-order valence-electron chi connectivity index (χ0n) is 13.5. The Morgan fingerprint density at radius 3 is 2.25 bits per heavy atom. The minimum absolute atomic E-state index is 0.00673. The number of carbonyl (C=O) groups excluding carboxylic acids is 2. The van der Waals surface area contributed by atoms with Gasteiger partial charge in [0.05, 0.1) is 11.4 Å². The first-order chi connectivity index (χ1) is 11.7. The molecule has 0 radical (unpaired) electrons. The largest absolute Gasteiger partial charge is 0.325 e. The monoisotopic (exact) mass is 343 g/mol. The Balaban J connectivity index is 1.50. The van der Waals surface area contributed by atoms with E-state index in [2.05, 4.69) is 15.5 Å². The molecule has 0 atom stereocenters. The first-order valence-electron chi connectivity index (χ1n) is 8.18. The highest BCUT2D eigenvalue weighted by Crippen LogP contribution is 2.16. The maximum atomic E-state index is 12.1. The fourth-order valence-corrected chi connectivity index (χ4v) is 3.38. The summed E-state index contributed by atoms with van der Waals surface area (Å²) in [5.41, 5.74) is 1.45. The van der Waals surface area contributed by atoms with E-state index in [4.69, 9.17) is 0 Å².